The standard InChI is InChI=1S/C18H15F2N7O/c19-17(20)28-14-3-1-7-27-13(14)9-12(25-27)16-15-11(23-10-24-15)4-8-26(16)18-21-5-2-6-22-18/h1-3,5-7,9-10,16-17H,4,8H2,(H,23,24)/t16-/m1/s1. The molecule has 0 spiro atoms. The molecule has 0 saturated heterocycles. The van der Waals surface area contributed by atoms with E-state index in [1.165, 1.54) is 10.6 Å². The van der Waals surface area contributed by atoms with Crippen LogP contribution in [0.25, 0.3) is 5.52 Å². The van der Waals surface area contributed by atoms with Crippen molar-refractivity contribution in [2.75, 3.05) is 11.4 Å². The molecule has 0 aliphatic carbocycles. The minimum Gasteiger partial charge on any atom is -0.433 e. The summed E-state index contributed by atoms with van der Waals surface area (Å²) < 4.78 is 31.7. The van der Waals surface area contributed by atoms with Crippen molar-refractivity contribution in [2.45, 2.75) is 19.1 Å². The normalized spacial score (nSPS) is 16.5. The summed E-state index contributed by atoms with van der Waals surface area (Å²) in [4.78, 5) is 18.4. The number of ether oxygens (including phenoxy) is 1. The molecule has 0 bridgehead atoms. The van der Waals surface area contributed by atoms with Gasteiger partial charge in [0.25, 0.3) is 0 Å². The van der Waals surface area contributed by atoms with Crippen LogP contribution in [0, 0.1) is 0 Å². The van der Waals surface area contributed by atoms with E-state index in [0.29, 0.717) is 23.7 Å². The number of hydrogen-bond acceptors (Lipinski definition) is 6. The number of alkyl halides is 2. The molecule has 142 valence electrons. The Bertz CT molecular complexity index is 1110. The van der Waals surface area contributed by atoms with Crippen molar-refractivity contribution in [3.8, 4) is 5.75 Å². The summed E-state index contributed by atoms with van der Waals surface area (Å²) in [5, 5.41) is 4.60. The van der Waals surface area contributed by atoms with Gasteiger partial charge < -0.3 is 14.6 Å². The zero-order valence-electron chi connectivity index (χ0n) is 14.5. The lowest BCUT2D eigenvalue weighted by atomic mass is 10.00. The topological polar surface area (TPSA) is 84.2 Å². The SMILES string of the molecule is FC(F)Oc1cccn2nc([C@@H]3c4nc[nH]c4CCN3c3ncccn3)cc12. The summed E-state index contributed by atoms with van der Waals surface area (Å²) in [6, 6.07) is 6.24. The number of fused-ring (bicyclic) bond motifs is 2. The van der Waals surface area contributed by atoms with Crippen LogP contribution in [-0.2, 0) is 6.42 Å². The lowest BCUT2D eigenvalue weighted by Gasteiger charge is -2.33. The Labute approximate surface area is 157 Å². The average Bonchev–Trinajstić information content (AvgIpc) is 3.34. The van der Waals surface area contributed by atoms with E-state index < -0.39 is 6.61 Å². The third-order valence-corrected chi connectivity index (χ3v) is 4.71. The van der Waals surface area contributed by atoms with E-state index in [-0.39, 0.29) is 11.8 Å². The Kier molecular flexibility index (Phi) is 3.89. The van der Waals surface area contributed by atoms with E-state index in [0.717, 1.165) is 17.8 Å². The number of aromatic amines is 1. The third kappa shape index (κ3) is 2.73. The van der Waals surface area contributed by atoms with Crippen LogP contribution in [-0.4, -0.2) is 42.7 Å². The molecule has 0 aromatic carbocycles. The highest BCUT2D eigenvalue weighted by molar-refractivity contribution is 5.61. The molecular formula is C18H15F2N7O. The molecule has 4 aromatic rings. The number of rotatable bonds is 4. The van der Waals surface area contributed by atoms with E-state index in [1.807, 2.05) is 4.90 Å². The molecule has 1 aliphatic rings. The van der Waals surface area contributed by atoms with Crippen LogP contribution in [0.1, 0.15) is 23.1 Å². The van der Waals surface area contributed by atoms with Gasteiger partial charge in [-0.15, -0.1) is 0 Å². The van der Waals surface area contributed by atoms with E-state index in [2.05, 4.69) is 29.8 Å². The minimum atomic E-state index is -2.91. The van der Waals surface area contributed by atoms with Gasteiger partial charge in [-0.25, -0.2) is 19.5 Å². The monoisotopic (exact) mass is 383 g/mol. The van der Waals surface area contributed by atoms with Crippen molar-refractivity contribution in [3.63, 3.8) is 0 Å². The molecule has 28 heavy (non-hydrogen) atoms. The summed E-state index contributed by atoms with van der Waals surface area (Å²) in [6.45, 7) is -2.25. The molecule has 1 N–H and O–H groups in total. The van der Waals surface area contributed by atoms with Gasteiger partial charge in [-0.05, 0) is 24.3 Å². The predicted molar refractivity (Wildman–Crippen MR) is 95.3 cm³/mol. The second kappa shape index (κ2) is 6.55. The molecule has 0 fully saturated rings. The highest BCUT2D eigenvalue weighted by Gasteiger charge is 2.34. The van der Waals surface area contributed by atoms with Crippen molar-refractivity contribution >= 4 is 11.5 Å². The van der Waals surface area contributed by atoms with Crippen LogP contribution in [0.4, 0.5) is 14.7 Å². The molecule has 5 rings (SSSR count). The third-order valence-electron chi connectivity index (χ3n) is 4.71. The van der Waals surface area contributed by atoms with Gasteiger partial charge >= 0.3 is 6.61 Å². The molecule has 5 heterocycles. The first-order valence-electron chi connectivity index (χ1n) is 8.69. The largest absolute Gasteiger partial charge is 0.433 e. The first-order chi connectivity index (χ1) is 13.7. The summed E-state index contributed by atoms with van der Waals surface area (Å²) in [6.07, 6.45) is 7.45. The first-order valence-corrected chi connectivity index (χ1v) is 8.69. The van der Waals surface area contributed by atoms with E-state index >= 15 is 0 Å². The van der Waals surface area contributed by atoms with Gasteiger partial charge in [0.05, 0.1) is 17.7 Å². The maximum atomic E-state index is 12.8. The number of imidazole rings is 1. The maximum absolute atomic E-state index is 12.8. The number of anilines is 1. The van der Waals surface area contributed by atoms with Crippen LogP contribution in [0.2, 0.25) is 0 Å². The van der Waals surface area contributed by atoms with E-state index in [4.69, 9.17) is 0 Å². The van der Waals surface area contributed by atoms with Crippen LogP contribution in [0.15, 0.2) is 49.2 Å². The molecule has 0 saturated carbocycles. The minimum absolute atomic E-state index is 0.0665. The first kappa shape index (κ1) is 16.6. The number of H-pyrrole nitrogens is 1. The van der Waals surface area contributed by atoms with Gasteiger partial charge in [0, 0.05) is 37.3 Å². The fourth-order valence-electron chi connectivity index (χ4n) is 3.57. The molecule has 0 radical (unpaired) electrons. The maximum Gasteiger partial charge on any atom is 0.387 e. The summed E-state index contributed by atoms with van der Waals surface area (Å²) >= 11 is 0. The Morgan fingerprint density at radius 3 is 2.86 bits per heavy atom. The highest BCUT2D eigenvalue weighted by atomic mass is 19.3. The molecule has 10 heteroatoms. The zero-order chi connectivity index (χ0) is 19.1. The fourth-order valence-corrected chi connectivity index (χ4v) is 3.57. The molecule has 1 atom stereocenters. The molecule has 4 aromatic heterocycles. The van der Waals surface area contributed by atoms with Gasteiger partial charge in [-0.1, -0.05) is 0 Å². The summed E-state index contributed by atoms with van der Waals surface area (Å²) in [5.74, 6) is 0.624. The Morgan fingerprint density at radius 1 is 1.18 bits per heavy atom. The second-order valence-corrected chi connectivity index (χ2v) is 6.31. The van der Waals surface area contributed by atoms with Gasteiger partial charge in [-0.3, -0.25) is 0 Å². The Balaban J connectivity index is 1.65. The second-order valence-electron chi connectivity index (χ2n) is 6.31. The van der Waals surface area contributed by atoms with Crippen molar-refractivity contribution in [3.05, 3.63) is 66.3 Å². The van der Waals surface area contributed by atoms with Gasteiger partial charge in [0.1, 0.15) is 11.6 Å². The molecule has 1 aliphatic heterocycles. The molecule has 0 amide bonds. The van der Waals surface area contributed by atoms with Gasteiger partial charge in [0.15, 0.2) is 5.75 Å². The predicted octanol–water partition coefficient (Wildman–Crippen LogP) is 2.60. The number of aromatic nitrogens is 6. The lowest BCUT2D eigenvalue weighted by molar-refractivity contribution is -0.0490. The van der Waals surface area contributed by atoms with Crippen molar-refractivity contribution in [1.82, 2.24) is 29.5 Å². The quantitative estimate of drug-likeness (QED) is 0.583. The number of nitrogens with zero attached hydrogens (tertiary/aromatic N) is 6. The van der Waals surface area contributed by atoms with Crippen LogP contribution in [0.3, 0.4) is 0 Å². The molecular weight excluding hydrogens is 368 g/mol. The van der Waals surface area contributed by atoms with Gasteiger partial charge in [-0.2, -0.15) is 13.9 Å². The fraction of sp³-hybridized carbons (Fsp3) is 0.222. The number of hydrogen-bond donors (Lipinski definition) is 1. The van der Waals surface area contributed by atoms with Crippen LogP contribution < -0.4 is 9.64 Å². The van der Waals surface area contributed by atoms with Crippen molar-refractivity contribution in [2.24, 2.45) is 0 Å². The highest BCUT2D eigenvalue weighted by Crippen LogP contribution is 2.36. The molecule has 0 unspecified atom stereocenters. The average molecular weight is 383 g/mol. The van der Waals surface area contributed by atoms with Crippen molar-refractivity contribution < 1.29 is 13.5 Å². The summed E-state index contributed by atoms with van der Waals surface area (Å²) in [5.41, 5.74) is 2.93. The van der Waals surface area contributed by atoms with E-state index in [9.17, 15) is 8.78 Å². The summed E-state index contributed by atoms with van der Waals surface area (Å²) in [7, 11) is 0. The van der Waals surface area contributed by atoms with E-state index in [1.54, 1.807) is 43.1 Å². The lowest BCUT2D eigenvalue weighted by Crippen LogP contribution is -2.37. The van der Waals surface area contributed by atoms with Crippen molar-refractivity contribution in [1.29, 1.82) is 0 Å². The zero-order valence-corrected chi connectivity index (χ0v) is 14.5. The van der Waals surface area contributed by atoms with Crippen LogP contribution >= 0.6 is 0 Å². The van der Waals surface area contributed by atoms with Crippen LogP contribution in [0.5, 0.6) is 5.75 Å². The number of nitrogens with one attached hydrogen (secondary N) is 1. The Hall–Kier alpha value is -3.56. The Morgan fingerprint density at radius 2 is 2.04 bits per heavy atom. The smallest absolute Gasteiger partial charge is 0.387 e. The number of pyridine rings is 1. The molecule has 8 nitrogen and oxygen atoms in total. The number of halogens is 2. The van der Waals surface area contributed by atoms with Gasteiger partial charge in [0.2, 0.25) is 5.95 Å².